The molecular weight excluding hydrogens is 286 g/mol. The number of aryl methyl sites for hydroxylation is 1. The molecule has 3 rings (SSSR count). The Hall–Kier alpha value is -1.43. The molecule has 5 heteroatoms. The van der Waals surface area contributed by atoms with Gasteiger partial charge in [-0.15, -0.1) is 0 Å². The zero-order chi connectivity index (χ0) is 15.1. The molecule has 4 nitrogen and oxygen atoms in total. The molecule has 0 N–H and O–H groups in total. The van der Waals surface area contributed by atoms with Gasteiger partial charge in [0.15, 0.2) is 0 Å². The van der Waals surface area contributed by atoms with Gasteiger partial charge in [-0.25, -0.2) is 8.42 Å². The van der Waals surface area contributed by atoms with E-state index in [2.05, 4.69) is 0 Å². The van der Waals surface area contributed by atoms with Crippen molar-refractivity contribution in [2.24, 2.45) is 0 Å². The molecule has 1 aromatic carbocycles. The Bertz CT molecular complexity index is 691. The second-order valence-electron chi connectivity index (χ2n) is 5.53. The van der Waals surface area contributed by atoms with E-state index in [1.807, 2.05) is 50.3 Å². The molecule has 0 radical (unpaired) electrons. The lowest BCUT2D eigenvalue weighted by Gasteiger charge is -2.40. The molecule has 0 saturated heterocycles. The van der Waals surface area contributed by atoms with Crippen LogP contribution in [0.5, 0.6) is 0 Å². The quantitative estimate of drug-likeness (QED) is 0.788. The smallest absolute Gasteiger partial charge is 0.243 e. The molecule has 2 atom stereocenters. The molecule has 21 heavy (non-hydrogen) atoms. The van der Waals surface area contributed by atoms with Crippen molar-refractivity contribution in [3.63, 3.8) is 0 Å². The van der Waals surface area contributed by atoms with Gasteiger partial charge in [-0.05, 0) is 32.1 Å². The summed E-state index contributed by atoms with van der Waals surface area (Å²) in [6.07, 6.45) is 7.71. The van der Waals surface area contributed by atoms with Crippen molar-refractivity contribution < 1.29 is 13.2 Å². The standard InChI is InChI=1S/C16H19NO3S/c1-13-5-7-15(8-6-13)21(18,19)17-11-3-9-16(14(17)2)10-4-12-20-16/h3-10,14H,11-12H2,1-2H3/t14-,16+/m0/s1. The fourth-order valence-corrected chi connectivity index (χ4v) is 4.47. The summed E-state index contributed by atoms with van der Waals surface area (Å²) >= 11 is 0. The zero-order valence-electron chi connectivity index (χ0n) is 12.2. The molecule has 0 bridgehead atoms. The van der Waals surface area contributed by atoms with Gasteiger partial charge < -0.3 is 4.74 Å². The average molecular weight is 305 g/mol. The lowest BCUT2D eigenvalue weighted by Crippen LogP contribution is -2.54. The minimum absolute atomic E-state index is 0.271. The van der Waals surface area contributed by atoms with Crippen LogP contribution < -0.4 is 0 Å². The summed E-state index contributed by atoms with van der Waals surface area (Å²) in [5.41, 5.74) is 0.412. The first-order valence-corrected chi connectivity index (χ1v) is 8.48. The summed E-state index contributed by atoms with van der Waals surface area (Å²) in [5, 5.41) is 0. The predicted molar refractivity (Wildman–Crippen MR) is 81.5 cm³/mol. The summed E-state index contributed by atoms with van der Waals surface area (Å²) in [4.78, 5) is 0.326. The van der Waals surface area contributed by atoms with E-state index in [0.717, 1.165) is 5.56 Å². The Morgan fingerprint density at radius 2 is 1.86 bits per heavy atom. The third-order valence-electron chi connectivity index (χ3n) is 4.18. The number of hydrogen-bond acceptors (Lipinski definition) is 3. The van der Waals surface area contributed by atoms with Crippen LogP contribution >= 0.6 is 0 Å². The van der Waals surface area contributed by atoms with Crippen LogP contribution in [-0.4, -0.2) is 37.5 Å². The predicted octanol–water partition coefficient (Wildman–Crippen LogP) is 2.27. The lowest BCUT2D eigenvalue weighted by molar-refractivity contribution is 0.0125. The second-order valence-corrected chi connectivity index (χ2v) is 7.42. The van der Waals surface area contributed by atoms with Gasteiger partial charge >= 0.3 is 0 Å². The summed E-state index contributed by atoms with van der Waals surface area (Å²) in [6, 6.07) is 6.69. The van der Waals surface area contributed by atoms with E-state index < -0.39 is 15.6 Å². The molecule has 1 spiro atoms. The zero-order valence-corrected chi connectivity index (χ0v) is 13.0. The van der Waals surface area contributed by atoms with E-state index in [9.17, 15) is 8.42 Å². The summed E-state index contributed by atoms with van der Waals surface area (Å²) < 4.78 is 33.0. The van der Waals surface area contributed by atoms with Gasteiger partial charge in [0.1, 0.15) is 5.60 Å². The highest BCUT2D eigenvalue weighted by atomic mass is 32.2. The highest BCUT2D eigenvalue weighted by Gasteiger charge is 2.44. The van der Waals surface area contributed by atoms with Crippen molar-refractivity contribution in [1.82, 2.24) is 4.31 Å². The lowest BCUT2D eigenvalue weighted by atomic mass is 9.92. The molecule has 2 aliphatic rings. The third-order valence-corrected chi connectivity index (χ3v) is 6.13. The Labute approximate surface area is 125 Å². The van der Waals surface area contributed by atoms with Crippen LogP contribution in [0, 0.1) is 6.92 Å². The number of ether oxygens (including phenoxy) is 1. The topological polar surface area (TPSA) is 46.6 Å². The van der Waals surface area contributed by atoms with Crippen LogP contribution in [0.2, 0.25) is 0 Å². The maximum atomic E-state index is 12.9. The van der Waals surface area contributed by atoms with Crippen molar-refractivity contribution in [1.29, 1.82) is 0 Å². The van der Waals surface area contributed by atoms with Crippen LogP contribution in [0.25, 0.3) is 0 Å². The number of hydrogen-bond donors (Lipinski definition) is 0. The van der Waals surface area contributed by atoms with E-state index in [1.165, 1.54) is 4.31 Å². The molecule has 0 amide bonds. The summed E-state index contributed by atoms with van der Waals surface area (Å²) in [6.45, 7) is 4.73. The van der Waals surface area contributed by atoms with Crippen molar-refractivity contribution >= 4 is 10.0 Å². The number of sulfonamides is 1. The van der Waals surface area contributed by atoms with E-state index in [-0.39, 0.29) is 6.04 Å². The molecule has 0 aromatic heterocycles. The van der Waals surface area contributed by atoms with Gasteiger partial charge in [-0.1, -0.05) is 35.9 Å². The first kappa shape index (κ1) is 14.5. The summed E-state index contributed by atoms with van der Waals surface area (Å²) in [7, 11) is -3.52. The van der Waals surface area contributed by atoms with Crippen LogP contribution in [0.4, 0.5) is 0 Å². The maximum absolute atomic E-state index is 12.9. The molecule has 112 valence electrons. The van der Waals surface area contributed by atoms with Crippen molar-refractivity contribution in [3.05, 3.63) is 54.1 Å². The minimum Gasteiger partial charge on any atom is -0.361 e. The molecule has 0 aliphatic carbocycles. The normalized spacial score (nSPS) is 29.3. The van der Waals surface area contributed by atoms with Gasteiger partial charge in [-0.3, -0.25) is 0 Å². The Balaban J connectivity index is 1.98. The van der Waals surface area contributed by atoms with Gasteiger partial charge in [0.05, 0.1) is 17.5 Å². The number of benzene rings is 1. The largest absolute Gasteiger partial charge is 0.361 e. The molecule has 0 fully saturated rings. The number of rotatable bonds is 2. The van der Waals surface area contributed by atoms with Crippen LogP contribution in [0.15, 0.2) is 53.5 Å². The molecule has 0 saturated carbocycles. The number of nitrogens with zero attached hydrogens (tertiary/aromatic N) is 1. The molecule has 0 unspecified atom stereocenters. The maximum Gasteiger partial charge on any atom is 0.243 e. The second kappa shape index (κ2) is 5.09. The van der Waals surface area contributed by atoms with E-state index >= 15 is 0 Å². The van der Waals surface area contributed by atoms with Crippen LogP contribution in [0.3, 0.4) is 0 Å². The average Bonchev–Trinajstić information content (AvgIpc) is 2.92. The highest BCUT2D eigenvalue weighted by molar-refractivity contribution is 7.89. The van der Waals surface area contributed by atoms with Gasteiger partial charge in [0, 0.05) is 6.54 Å². The summed E-state index contributed by atoms with van der Waals surface area (Å²) in [5.74, 6) is 0. The van der Waals surface area contributed by atoms with Gasteiger partial charge in [-0.2, -0.15) is 4.31 Å². The van der Waals surface area contributed by atoms with Crippen molar-refractivity contribution in [2.45, 2.75) is 30.4 Å². The van der Waals surface area contributed by atoms with Crippen molar-refractivity contribution in [2.75, 3.05) is 13.2 Å². The minimum atomic E-state index is -3.52. The van der Waals surface area contributed by atoms with Gasteiger partial charge in [0.25, 0.3) is 0 Å². The van der Waals surface area contributed by atoms with E-state index in [0.29, 0.717) is 18.0 Å². The fraction of sp³-hybridized carbons (Fsp3) is 0.375. The first-order chi connectivity index (χ1) is 9.96. The third kappa shape index (κ3) is 2.35. The van der Waals surface area contributed by atoms with E-state index in [4.69, 9.17) is 4.74 Å². The fourth-order valence-electron chi connectivity index (χ4n) is 2.85. The highest BCUT2D eigenvalue weighted by Crippen LogP contribution is 2.34. The molecule has 2 heterocycles. The van der Waals surface area contributed by atoms with Crippen molar-refractivity contribution in [3.8, 4) is 0 Å². The Morgan fingerprint density at radius 1 is 1.19 bits per heavy atom. The van der Waals surface area contributed by atoms with Gasteiger partial charge in [0.2, 0.25) is 10.0 Å². The first-order valence-electron chi connectivity index (χ1n) is 7.04. The van der Waals surface area contributed by atoms with Crippen LogP contribution in [0.1, 0.15) is 12.5 Å². The molecule has 1 aromatic rings. The molecule has 2 aliphatic heterocycles. The SMILES string of the molecule is Cc1ccc(S(=O)(=O)N2CC=C[C@@]3(C=CCO3)[C@@H]2C)cc1. The Morgan fingerprint density at radius 3 is 2.48 bits per heavy atom. The molecular formula is C16H19NO3S. The van der Waals surface area contributed by atoms with Crippen LogP contribution in [-0.2, 0) is 14.8 Å². The monoisotopic (exact) mass is 305 g/mol. The Kier molecular flexibility index (Phi) is 3.51. The van der Waals surface area contributed by atoms with E-state index in [1.54, 1.807) is 12.1 Å².